The Morgan fingerprint density at radius 1 is 0.943 bits per heavy atom. The van der Waals surface area contributed by atoms with Crippen molar-refractivity contribution in [1.29, 1.82) is 0 Å². The second kappa shape index (κ2) is 13.9. The van der Waals surface area contributed by atoms with Crippen molar-refractivity contribution in [2.45, 2.75) is 33.1 Å². The van der Waals surface area contributed by atoms with Gasteiger partial charge in [0.2, 0.25) is 0 Å². The number of amides is 1. The van der Waals surface area contributed by atoms with E-state index < -0.39 is 0 Å². The predicted octanol–water partition coefficient (Wildman–Crippen LogP) is 7.01. The number of para-hydroxylation sites is 2. The van der Waals surface area contributed by atoms with Gasteiger partial charge in [-0.15, -0.1) is 0 Å². The van der Waals surface area contributed by atoms with Gasteiger partial charge in [-0.05, 0) is 73.3 Å². The van der Waals surface area contributed by atoms with E-state index in [4.69, 9.17) is 21.7 Å². The maximum absolute atomic E-state index is 13.0. The van der Waals surface area contributed by atoms with Crippen molar-refractivity contribution >= 4 is 44.9 Å². The molecule has 0 heterocycles. The molecule has 0 spiro atoms. The number of anilines is 1. The molecule has 3 aromatic carbocycles. The standard InChI is InChI=1S/C28H31BrN2O3S/c1-20(2)16-18-34-25-15-14-22(29)19-23(25)27(32)31-28(35)30-24-12-6-7-13-26(24)33-17-8-11-21-9-4-3-5-10-21/h3-7,9-10,12-15,19-20H,8,11,16-18H2,1-2H3,(H2,30,31,32,35). The second-order valence-electron chi connectivity index (χ2n) is 8.51. The lowest BCUT2D eigenvalue weighted by Gasteiger charge is -2.16. The number of hydrogen-bond acceptors (Lipinski definition) is 4. The molecule has 0 atom stereocenters. The Balaban J connectivity index is 1.57. The van der Waals surface area contributed by atoms with E-state index in [1.54, 1.807) is 12.1 Å². The van der Waals surface area contributed by atoms with E-state index in [1.165, 1.54) is 5.56 Å². The van der Waals surface area contributed by atoms with Crippen molar-refractivity contribution in [3.8, 4) is 11.5 Å². The molecule has 0 aromatic heterocycles. The Kier molecular flexibility index (Phi) is 10.6. The van der Waals surface area contributed by atoms with E-state index in [1.807, 2.05) is 48.5 Å². The average molecular weight is 556 g/mol. The van der Waals surface area contributed by atoms with E-state index in [9.17, 15) is 4.79 Å². The van der Waals surface area contributed by atoms with Crippen molar-refractivity contribution < 1.29 is 14.3 Å². The second-order valence-corrected chi connectivity index (χ2v) is 9.84. The highest BCUT2D eigenvalue weighted by Gasteiger charge is 2.16. The van der Waals surface area contributed by atoms with Crippen molar-refractivity contribution in [2.24, 2.45) is 5.92 Å². The topological polar surface area (TPSA) is 59.6 Å². The summed E-state index contributed by atoms with van der Waals surface area (Å²) in [7, 11) is 0. The number of nitrogens with one attached hydrogen (secondary N) is 2. The van der Waals surface area contributed by atoms with Crippen LogP contribution in [0.15, 0.2) is 77.3 Å². The molecule has 0 aliphatic rings. The first-order chi connectivity index (χ1) is 16.9. The van der Waals surface area contributed by atoms with Gasteiger partial charge in [-0.1, -0.05) is 72.2 Å². The smallest absolute Gasteiger partial charge is 0.261 e. The lowest BCUT2D eigenvalue weighted by molar-refractivity contribution is 0.0973. The molecule has 7 heteroatoms. The number of carbonyl (C=O) groups excluding carboxylic acids is 1. The van der Waals surface area contributed by atoms with Crippen LogP contribution in [-0.2, 0) is 6.42 Å². The molecule has 0 radical (unpaired) electrons. The molecule has 0 aliphatic carbocycles. The highest BCUT2D eigenvalue weighted by atomic mass is 79.9. The zero-order chi connectivity index (χ0) is 25.0. The van der Waals surface area contributed by atoms with Crippen molar-refractivity contribution in [1.82, 2.24) is 5.32 Å². The quantitative estimate of drug-likeness (QED) is 0.197. The minimum Gasteiger partial charge on any atom is -0.493 e. The Bertz CT molecular complexity index is 1120. The summed E-state index contributed by atoms with van der Waals surface area (Å²) in [5, 5.41) is 6.02. The van der Waals surface area contributed by atoms with Crippen LogP contribution in [0.4, 0.5) is 5.69 Å². The monoisotopic (exact) mass is 554 g/mol. The minimum atomic E-state index is -0.343. The largest absolute Gasteiger partial charge is 0.493 e. The number of carbonyl (C=O) groups is 1. The maximum Gasteiger partial charge on any atom is 0.261 e. The normalized spacial score (nSPS) is 10.6. The molecule has 5 nitrogen and oxygen atoms in total. The molecule has 0 unspecified atom stereocenters. The predicted molar refractivity (Wildman–Crippen MR) is 149 cm³/mol. The lowest BCUT2D eigenvalue weighted by atomic mass is 10.1. The van der Waals surface area contributed by atoms with E-state index >= 15 is 0 Å². The molecule has 3 rings (SSSR count). The van der Waals surface area contributed by atoms with E-state index in [0.29, 0.717) is 41.9 Å². The summed E-state index contributed by atoms with van der Waals surface area (Å²) < 4.78 is 12.6. The van der Waals surface area contributed by atoms with Gasteiger partial charge in [0.05, 0.1) is 24.5 Å². The van der Waals surface area contributed by atoms with E-state index in [-0.39, 0.29) is 11.0 Å². The summed E-state index contributed by atoms with van der Waals surface area (Å²) in [4.78, 5) is 13.0. The van der Waals surface area contributed by atoms with Crippen molar-refractivity contribution in [3.63, 3.8) is 0 Å². The zero-order valence-corrected chi connectivity index (χ0v) is 22.5. The summed E-state index contributed by atoms with van der Waals surface area (Å²) in [6.45, 7) is 5.38. The van der Waals surface area contributed by atoms with Gasteiger partial charge < -0.3 is 14.8 Å². The van der Waals surface area contributed by atoms with Gasteiger partial charge in [0.15, 0.2) is 5.11 Å². The van der Waals surface area contributed by atoms with Crippen LogP contribution in [0, 0.1) is 5.92 Å². The number of hydrogen-bond donors (Lipinski definition) is 2. The molecule has 35 heavy (non-hydrogen) atoms. The molecule has 1 amide bonds. The number of aryl methyl sites for hydroxylation is 1. The zero-order valence-electron chi connectivity index (χ0n) is 20.1. The van der Waals surface area contributed by atoms with Crippen LogP contribution in [0.2, 0.25) is 0 Å². The average Bonchev–Trinajstić information content (AvgIpc) is 2.84. The van der Waals surface area contributed by atoms with Gasteiger partial charge >= 0.3 is 0 Å². The number of halogens is 1. The highest BCUT2D eigenvalue weighted by Crippen LogP contribution is 2.25. The van der Waals surface area contributed by atoms with Crippen LogP contribution in [0.3, 0.4) is 0 Å². The molecule has 0 aliphatic heterocycles. The maximum atomic E-state index is 13.0. The fourth-order valence-electron chi connectivity index (χ4n) is 3.33. The number of rotatable bonds is 11. The molecule has 184 valence electrons. The number of thiocarbonyl (C=S) groups is 1. The first-order valence-electron chi connectivity index (χ1n) is 11.7. The molecule has 0 saturated carbocycles. The Morgan fingerprint density at radius 2 is 1.66 bits per heavy atom. The lowest BCUT2D eigenvalue weighted by Crippen LogP contribution is -2.34. The van der Waals surface area contributed by atoms with Crippen LogP contribution in [0.5, 0.6) is 11.5 Å². The molecular formula is C28H31BrN2O3S. The van der Waals surface area contributed by atoms with Gasteiger partial charge in [0.25, 0.3) is 5.91 Å². The van der Waals surface area contributed by atoms with Gasteiger partial charge in [0.1, 0.15) is 11.5 Å². The SMILES string of the molecule is CC(C)CCOc1ccc(Br)cc1C(=O)NC(=S)Nc1ccccc1OCCCc1ccccc1. The first kappa shape index (κ1) is 26.7. The van der Waals surface area contributed by atoms with Crippen molar-refractivity contribution in [3.05, 3.63) is 88.4 Å². The Morgan fingerprint density at radius 3 is 2.43 bits per heavy atom. The van der Waals surface area contributed by atoms with Gasteiger partial charge in [-0.25, -0.2) is 0 Å². The number of ether oxygens (including phenoxy) is 2. The third-order valence-corrected chi connectivity index (χ3v) is 5.91. The third-order valence-electron chi connectivity index (χ3n) is 5.21. The fourth-order valence-corrected chi connectivity index (χ4v) is 3.90. The van der Waals surface area contributed by atoms with Crippen LogP contribution in [0.1, 0.15) is 42.6 Å². The summed E-state index contributed by atoms with van der Waals surface area (Å²) in [5.41, 5.74) is 2.39. The Labute approximate surface area is 221 Å². The number of benzene rings is 3. The minimum absolute atomic E-state index is 0.184. The highest BCUT2D eigenvalue weighted by molar-refractivity contribution is 9.10. The Hall–Kier alpha value is -2.90. The van der Waals surface area contributed by atoms with Crippen molar-refractivity contribution in [2.75, 3.05) is 18.5 Å². The third kappa shape index (κ3) is 9.00. The summed E-state index contributed by atoms with van der Waals surface area (Å²) in [6.07, 6.45) is 2.74. The first-order valence-corrected chi connectivity index (χ1v) is 12.9. The molecule has 0 fully saturated rings. The molecule has 2 N–H and O–H groups in total. The van der Waals surface area contributed by atoms with Gasteiger partial charge in [-0.2, -0.15) is 0 Å². The molecular weight excluding hydrogens is 524 g/mol. The van der Waals surface area contributed by atoms with Crippen LogP contribution in [0.25, 0.3) is 0 Å². The van der Waals surface area contributed by atoms with Crippen LogP contribution in [-0.4, -0.2) is 24.2 Å². The van der Waals surface area contributed by atoms with Crippen LogP contribution >= 0.6 is 28.1 Å². The summed E-state index contributed by atoms with van der Waals surface area (Å²) in [6, 6.07) is 23.2. The summed E-state index contributed by atoms with van der Waals surface area (Å²) in [5.74, 6) is 1.37. The molecule has 0 saturated heterocycles. The van der Waals surface area contributed by atoms with E-state index in [0.717, 1.165) is 23.7 Å². The fraction of sp³-hybridized carbons (Fsp3) is 0.286. The van der Waals surface area contributed by atoms with E-state index in [2.05, 4.69) is 52.5 Å². The molecule has 0 bridgehead atoms. The van der Waals surface area contributed by atoms with Crippen LogP contribution < -0.4 is 20.1 Å². The van der Waals surface area contributed by atoms with Gasteiger partial charge in [0, 0.05) is 4.47 Å². The molecule has 3 aromatic rings. The van der Waals surface area contributed by atoms with Gasteiger partial charge in [-0.3, -0.25) is 10.1 Å². The summed E-state index contributed by atoms with van der Waals surface area (Å²) >= 11 is 8.85.